The van der Waals surface area contributed by atoms with Crippen LogP contribution >= 0.6 is 0 Å². The quantitative estimate of drug-likeness (QED) is 0.496. The Morgan fingerprint density at radius 3 is 2.47 bits per heavy atom. The lowest BCUT2D eigenvalue weighted by Gasteiger charge is -2.30. The fourth-order valence-electron chi connectivity index (χ4n) is 3.42. The molecule has 0 aliphatic carbocycles. The Bertz CT molecular complexity index is 897. The van der Waals surface area contributed by atoms with Gasteiger partial charge in [-0.2, -0.15) is 0 Å². The van der Waals surface area contributed by atoms with Crippen LogP contribution in [0.5, 0.6) is 11.5 Å². The minimum Gasteiger partial charge on any atom is -0.497 e. The van der Waals surface area contributed by atoms with Crippen LogP contribution in [0.25, 0.3) is 0 Å². The van der Waals surface area contributed by atoms with Crippen molar-refractivity contribution in [1.29, 1.82) is 0 Å². The highest BCUT2D eigenvalue weighted by molar-refractivity contribution is 5.88. The monoisotopic (exact) mass is 440 g/mol. The number of aryl methyl sites for hydroxylation is 2. The standard InChI is InChI=1S/C26H36N2O4/c1-6-8-14-27-26(30)24(7-2)28(17-21-10-9-11-22(16-21)31-5)25(29)18-32-23-13-12-19(3)20(4)15-23/h9-13,15-16,24H,6-8,14,17-18H2,1-5H3,(H,27,30). The van der Waals surface area contributed by atoms with Crippen molar-refractivity contribution in [2.75, 3.05) is 20.3 Å². The Labute approximate surface area is 191 Å². The van der Waals surface area contributed by atoms with Gasteiger partial charge in [0.05, 0.1) is 7.11 Å². The van der Waals surface area contributed by atoms with Crippen molar-refractivity contribution in [1.82, 2.24) is 10.2 Å². The number of nitrogens with one attached hydrogen (secondary N) is 1. The first-order valence-corrected chi connectivity index (χ1v) is 11.3. The predicted molar refractivity (Wildman–Crippen MR) is 127 cm³/mol. The van der Waals surface area contributed by atoms with Crippen molar-refractivity contribution in [2.45, 2.75) is 59.5 Å². The van der Waals surface area contributed by atoms with Gasteiger partial charge in [-0.3, -0.25) is 9.59 Å². The molecule has 174 valence electrons. The summed E-state index contributed by atoms with van der Waals surface area (Å²) in [6.07, 6.45) is 2.41. The third-order valence-electron chi connectivity index (χ3n) is 5.54. The molecule has 0 saturated heterocycles. The summed E-state index contributed by atoms with van der Waals surface area (Å²) in [5, 5.41) is 2.97. The molecule has 32 heavy (non-hydrogen) atoms. The lowest BCUT2D eigenvalue weighted by Crippen LogP contribution is -2.50. The number of nitrogens with zero attached hydrogens (tertiary/aromatic N) is 1. The van der Waals surface area contributed by atoms with Crippen molar-refractivity contribution in [2.24, 2.45) is 0 Å². The van der Waals surface area contributed by atoms with Gasteiger partial charge < -0.3 is 19.7 Å². The van der Waals surface area contributed by atoms with Crippen LogP contribution in [-0.2, 0) is 16.1 Å². The Balaban J connectivity index is 2.20. The summed E-state index contributed by atoms with van der Waals surface area (Å²) < 4.78 is 11.1. The number of carbonyl (C=O) groups is 2. The normalized spacial score (nSPS) is 11.5. The average molecular weight is 441 g/mol. The van der Waals surface area contributed by atoms with Gasteiger partial charge in [-0.15, -0.1) is 0 Å². The number of amides is 2. The van der Waals surface area contributed by atoms with Crippen molar-refractivity contribution in [3.63, 3.8) is 0 Å². The topological polar surface area (TPSA) is 67.9 Å². The van der Waals surface area contributed by atoms with E-state index in [1.54, 1.807) is 12.0 Å². The van der Waals surface area contributed by atoms with Gasteiger partial charge in [0.15, 0.2) is 6.61 Å². The highest BCUT2D eigenvalue weighted by Gasteiger charge is 2.29. The van der Waals surface area contributed by atoms with Gasteiger partial charge in [0, 0.05) is 13.1 Å². The van der Waals surface area contributed by atoms with E-state index in [0.29, 0.717) is 31.0 Å². The lowest BCUT2D eigenvalue weighted by molar-refractivity contribution is -0.143. The first-order chi connectivity index (χ1) is 15.4. The summed E-state index contributed by atoms with van der Waals surface area (Å²) in [4.78, 5) is 27.8. The van der Waals surface area contributed by atoms with Crippen LogP contribution in [0.4, 0.5) is 0 Å². The maximum absolute atomic E-state index is 13.3. The lowest BCUT2D eigenvalue weighted by atomic mass is 10.1. The molecular weight excluding hydrogens is 404 g/mol. The van der Waals surface area contributed by atoms with E-state index >= 15 is 0 Å². The molecular formula is C26H36N2O4. The molecule has 2 rings (SSSR count). The number of benzene rings is 2. The van der Waals surface area contributed by atoms with Crippen LogP contribution in [0, 0.1) is 13.8 Å². The van der Waals surface area contributed by atoms with Gasteiger partial charge in [0.2, 0.25) is 5.91 Å². The van der Waals surface area contributed by atoms with Crippen molar-refractivity contribution in [3.8, 4) is 11.5 Å². The minimum atomic E-state index is -0.575. The maximum Gasteiger partial charge on any atom is 0.261 e. The van der Waals surface area contributed by atoms with E-state index < -0.39 is 6.04 Å². The largest absolute Gasteiger partial charge is 0.497 e. The summed E-state index contributed by atoms with van der Waals surface area (Å²) in [5.74, 6) is 0.983. The smallest absolute Gasteiger partial charge is 0.261 e. The number of carbonyl (C=O) groups excluding carboxylic acids is 2. The van der Waals surface area contributed by atoms with Gasteiger partial charge in [-0.1, -0.05) is 38.5 Å². The van der Waals surface area contributed by atoms with Crippen molar-refractivity contribution in [3.05, 3.63) is 59.2 Å². The third kappa shape index (κ3) is 7.29. The molecule has 1 atom stereocenters. The van der Waals surface area contributed by atoms with Crippen LogP contribution in [0.3, 0.4) is 0 Å². The molecule has 2 amide bonds. The molecule has 0 saturated carbocycles. The second-order valence-corrected chi connectivity index (χ2v) is 7.98. The molecule has 0 fully saturated rings. The number of hydrogen-bond acceptors (Lipinski definition) is 4. The number of hydrogen-bond donors (Lipinski definition) is 1. The molecule has 2 aromatic carbocycles. The molecule has 0 bridgehead atoms. The zero-order valence-electron chi connectivity index (χ0n) is 19.9. The van der Waals surface area contributed by atoms with Gasteiger partial charge in [-0.25, -0.2) is 0 Å². The number of ether oxygens (including phenoxy) is 2. The van der Waals surface area contributed by atoms with E-state index in [0.717, 1.165) is 29.5 Å². The van der Waals surface area contributed by atoms with E-state index in [1.165, 1.54) is 0 Å². The van der Waals surface area contributed by atoms with Crippen LogP contribution in [0.15, 0.2) is 42.5 Å². The van der Waals surface area contributed by atoms with Gasteiger partial charge in [-0.05, 0) is 67.6 Å². The zero-order valence-corrected chi connectivity index (χ0v) is 19.9. The first-order valence-electron chi connectivity index (χ1n) is 11.3. The summed E-state index contributed by atoms with van der Waals surface area (Å²) >= 11 is 0. The highest BCUT2D eigenvalue weighted by Crippen LogP contribution is 2.19. The number of methoxy groups -OCH3 is 1. The molecule has 0 aromatic heterocycles. The van der Waals surface area contributed by atoms with E-state index in [9.17, 15) is 9.59 Å². The first kappa shape index (κ1) is 25.2. The number of rotatable bonds is 12. The molecule has 2 aromatic rings. The number of unbranched alkanes of at least 4 members (excludes halogenated alkanes) is 1. The Morgan fingerprint density at radius 2 is 1.81 bits per heavy atom. The highest BCUT2D eigenvalue weighted by atomic mass is 16.5. The second kappa shape index (κ2) is 12.7. The molecule has 1 N–H and O–H groups in total. The Morgan fingerprint density at radius 1 is 1.03 bits per heavy atom. The van der Waals surface area contributed by atoms with E-state index in [2.05, 4.69) is 12.2 Å². The van der Waals surface area contributed by atoms with E-state index in [-0.39, 0.29) is 18.4 Å². The van der Waals surface area contributed by atoms with Crippen LogP contribution in [0.1, 0.15) is 49.8 Å². The summed E-state index contributed by atoms with van der Waals surface area (Å²) in [7, 11) is 1.61. The van der Waals surface area contributed by atoms with E-state index in [4.69, 9.17) is 9.47 Å². The average Bonchev–Trinajstić information content (AvgIpc) is 2.79. The van der Waals surface area contributed by atoms with E-state index in [1.807, 2.05) is 63.2 Å². The SMILES string of the molecule is CCCCNC(=O)C(CC)N(Cc1cccc(OC)c1)C(=O)COc1ccc(C)c(C)c1. The zero-order chi connectivity index (χ0) is 23.5. The molecule has 0 heterocycles. The molecule has 0 aliphatic rings. The summed E-state index contributed by atoms with van der Waals surface area (Å²) in [6, 6.07) is 12.7. The minimum absolute atomic E-state index is 0.134. The molecule has 6 nitrogen and oxygen atoms in total. The predicted octanol–water partition coefficient (Wildman–Crippen LogP) is 4.41. The summed E-state index contributed by atoms with van der Waals surface area (Å²) in [5.41, 5.74) is 3.16. The van der Waals surface area contributed by atoms with Gasteiger partial charge in [0.25, 0.3) is 5.91 Å². The van der Waals surface area contributed by atoms with Crippen molar-refractivity contribution < 1.29 is 19.1 Å². The second-order valence-electron chi connectivity index (χ2n) is 7.98. The van der Waals surface area contributed by atoms with Gasteiger partial charge >= 0.3 is 0 Å². The summed E-state index contributed by atoms with van der Waals surface area (Å²) in [6.45, 7) is 8.80. The molecule has 6 heteroatoms. The van der Waals surface area contributed by atoms with Gasteiger partial charge in [0.1, 0.15) is 17.5 Å². The molecule has 1 unspecified atom stereocenters. The fraction of sp³-hybridized carbons (Fsp3) is 0.462. The maximum atomic E-state index is 13.3. The Kier molecular flexibility index (Phi) is 10.1. The van der Waals surface area contributed by atoms with Crippen LogP contribution < -0.4 is 14.8 Å². The molecule has 0 radical (unpaired) electrons. The van der Waals surface area contributed by atoms with Crippen LogP contribution in [0.2, 0.25) is 0 Å². The molecule has 0 aliphatic heterocycles. The van der Waals surface area contributed by atoms with Crippen molar-refractivity contribution >= 4 is 11.8 Å². The molecule has 0 spiro atoms. The fourth-order valence-corrected chi connectivity index (χ4v) is 3.42. The third-order valence-corrected chi connectivity index (χ3v) is 5.54. The Hall–Kier alpha value is -3.02. The van der Waals surface area contributed by atoms with Crippen LogP contribution in [-0.4, -0.2) is 43.0 Å².